The molecule has 5 nitrogen and oxygen atoms in total. The molecule has 5 rings (SSSR count). The Morgan fingerprint density at radius 3 is 1.95 bits per heavy atom. The molecule has 0 unspecified atom stereocenters. The lowest BCUT2D eigenvalue weighted by molar-refractivity contribution is 0.271. The molecule has 37 heavy (non-hydrogen) atoms. The highest BCUT2D eigenvalue weighted by molar-refractivity contribution is 6.02. The molecule has 0 amide bonds. The Hall–Kier alpha value is -2.80. The van der Waals surface area contributed by atoms with E-state index in [4.69, 9.17) is 0 Å². The molecule has 0 fully saturated rings. The van der Waals surface area contributed by atoms with Gasteiger partial charge in [-0.25, -0.2) is 0 Å². The van der Waals surface area contributed by atoms with Gasteiger partial charge < -0.3 is 21.3 Å². The maximum Gasteiger partial charge on any atom is 0.0217 e. The van der Waals surface area contributed by atoms with E-state index in [1.807, 2.05) is 0 Å². The second-order valence-corrected chi connectivity index (χ2v) is 10.1. The van der Waals surface area contributed by atoms with Crippen molar-refractivity contribution >= 4 is 21.5 Å². The van der Waals surface area contributed by atoms with Crippen LogP contribution in [-0.4, -0.2) is 57.3 Å². The summed E-state index contributed by atoms with van der Waals surface area (Å²) in [6, 6.07) is 28.7. The van der Waals surface area contributed by atoms with E-state index < -0.39 is 0 Å². The molecule has 4 aromatic carbocycles. The molecule has 4 aromatic rings. The molecular formula is C32H41N5. The van der Waals surface area contributed by atoms with Crippen LogP contribution in [0.2, 0.25) is 0 Å². The smallest absolute Gasteiger partial charge is 0.0217 e. The molecule has 0 atom stereocenters. The normalized spacial score (nSPS) is 15.5. The number of nitrogens with one attached hydrogen (secondary N) is 4. The molecule has 0 aromatic heterocycles. The Bertz CT molecular complexity index is 1190. The largest absolute Gasteiger partial charge is 0.315 e. The molecule has 0 spiro atoms. The second-order valence-electron chi connectivity index (χ2n) is 10.1. The summed E-state index contributed by atoms with van der Waals surface area (Å²) in [4.78, 5) is 2.56. The van der Waals surface area contributed by atoms with Crippen LogP contribution in [0.1, 0.15) is 23.1 Å². The number of hydrogen-bond acceptors (Lipinski definition) is 5. The minimum absolute atomic E-state index is 0.902. The van der Waals surface area contributed by atoms with Gasteiger partial charge in [-0.15, -0.1) is 0 Å². The van der Waals surface area contributed by atoms with Gasteiger partial charge in [0.15, 0.2) is 0 Å². The van der Waals surface area contributed by atoms with Gasteiger partial charge in [0.05, 0.1) is 0 Å². The van der Waals surface area contributed by atoms with Gasteiger partial charge in [0.2, 0.25) is 0 Å². The van der Waals surface area contributed by atoms with Crippen LogP contribution in [0.3, 0.4) is 0 Å². The topological polar surface area (TPSA) is 51.4 Å². The quantitative estimate of drug-likeness (QED) is 0.207. The summed E-state index contributed by atoms with van der Waals surface area (Å²) >= 11 is 0. The fourth-order valence-corrected chi connectivity index (χ4v) is 5.34. The zero-order chi connectivity index (χ0) is 25.1. The van der Waals surface area contributed by atoms with Gasteiger partial charge in [-0.05, 0) is 63.8 Å². The highest BCUT2D eigenvalue weighted by Crippen LogP contribution is 2.28. The average Bonchev–Trinajstić information content (AvgIpc) is 2.93. The Morgan fingerprint density at radius 2 is 1.27 bits per heavy atom. The summed E-state index contributed by atoms with van der Waals surface area (Å²) in [5.41, 5.74) is 4.15. The Kier molecular flexibility index (Phi) is 9.54. The Morgan fingerprint density at radius 1 is 0.649 bits per heavy atom. The third-order valence-corrected chi connectivity index (χ3v) is 7.36. The van der Waals surface area contributed by atoms with Gasteiger partial charge in [0.1, 0.15) is 0 Å². The third-order valence-electron chi connectivity index (χ3n) is 7.36. The van der Waals surface area contributed by atoms with Gasteiger partial charge in [0, 0.05) is 58.9 Å². The summed E-state index contributed by atoms with van der Waals surface area (Å²) < 4.78 is 0. The van der Waals surface area contributed by atoms with Crippen molar-refractivity contribution in [1.82, 2.24) is 26.2 Å². The lowest BCUT2D eigenvalue weighted by atomic mass is 9.97. The van der Waals surface area contributed by atoms with E-state index in [2.05, 4.69) is 105 Å². The predicted octanol–water partition coefficient (Wildman–Crippen LogP) is 4.26. The van der Waals surface area contributed by atoms with Crippen LogP contribution in [0.5, 0.6) is 0 Å². The minimum Gasteiger partial charge on any atom is -0.315 e. The summed E-state index contributed by atoms with van der Waals surface area (Å²) in [6.45, 7) is 11.2. The molecule has 4 N–H and O–H groups in total. The van der Waals surface area contributed by atoms with Crippen LogP contribution in [-0.2, 0) is 19.6 Å². The van der Waals surface area contributed by atoms with Crippen molar-refractivity contribution in [2.75, 3.05) is 52.4 Å². The van der Waals surface area contributed by atoms with Gasteiger partial charge in [0.25, 0.3) is 0 Å². The Labute approximate surface area is 221 Å². The summed E-state index contributed by atoms with van der Waals surface area (Å²) in [5.74, 6) is 0. The molecule has 1 aliphatic rings. The molecule has 0 aliphatic carbocycles. The first-order valence-corrected chi connectivity index (χ1v) is 13.9. The first-order chi connectivity index (χ1) is 18.4. The number of nitrogens with zero attached hydrogens (tertiary/aromatic N) is 1. The molecule has 194 valence electrons. The zero-order valence-corrected chi connectivity index (χ0v) is 21.9. The average molecular weight is 496 g/mol. The van der Waals surface area contributed by atoms with E-state index in [0.29, 0.717) is 0 Å². The maximum absolute atomic E-state index is 3.70. The fraction of sp³-hybridized carbons (Fsp3) is 0.375. The standard InChI is InChI=1S/C32H41N5/c1-3-11-30-28(9-1)22-29-10-2-4-12-31(29)32(30)25-34-14-6-13-33-15-18-37-19-16-35-23-26-7-5-8-27(21-26)24-36-17-20-37/h1-5,7-12,21-22,33-36H,6,13-20,23-25H2. The third kappa shape index (κ3) is 7.37. The highest BCUT2D eigenvalue weighted by Gasteiger charge is 2.08. The van der Waals surface area contributed by atoms with E-state index in [0.717, 1.165) is 78.4 Å². The first-order valence-electron chi connectivity index (χ1n) is 13.9. The van der Waals surface area contributed by atoms with Crippen molar-refractivity contribution in [3.05, 3.63) is 95.6 Å². The van der Waals surface area contributed by atoms with Gasteiger partial charge in [-0.1, -0.05) is 72.8 Å². The van der Waals surface area contributed by atoms with Crippen LogP contribution in [0.4, 0.5) is 0 Å². The van der Waals surface area contributed by atoms with E-state index in [1.54, 1.807) is 0 Å². The summed E-state index contributed by atoms with van der Waals surface area (Å²) in [7, 11) is 0. The number of hydrogen-bond donors (Lipinski definition) is 4. The zero-order valence-electron chi connectivity index (χ0n) is 21.9. The number of benzene rings is 4. The van der Waals surface area contributed by atoms with Crippen LogP contribution in [0.25, 0.3) is 21.5 Å². The minimum atomic E-state index is 0.902. The summed E-state index contributed by atoms with van der Waals surface area (Å²) in [5, 5.41) is 19.9. The highest BCUT2D eigenvalue weighted by atomic mass is 15.2. The van der Waals surface area contributed by atoms with Crippen molar-refractivity contribution in [1.29, 1.82) is 0 Å². The molecule has 5 heteroatoms. The van der Waals surface area contributed by atoms with Crippen LogP contribution in [0.15, 0.2) is 78.9 Å². The van der Waals surface area contributed by atoms with E-state index in [-0.39, 0.29) is 0 Å². The van der Waals surface area contributed by atoms with Crippen molar-refractivity contribution in [3.8, 4) is 0 Å². The van der Waals surface area contributed by atoms with Crippen molar-refractivity contribution in [3.63, 3.8) is 0 Å². The van der Waals surface area contributed by atoms with Crippen molar-refractivity contribution in [2.45, 2.75) is 26.1 Å². The van der Waals surface area contributed by atoms with Crippen LogP contribution < -0.4 is 21.3 Å². The monoisotopic (exact) mass is 495 g/mol. The van der Waals surface area contributed by atoms with Crippen LogP contribution >= 0.6 is 0 Å². The maximum atomic E-state index is 3.70. The molecular weight excluding hydrogens is 454 g/mol. The fourth-order valence-electron chi connectivity index (χ4n) is 5.34. The number of fused-ring (bicyclic) bond motifs is 4. The SMILES string of the molecule is c1cc2cc(c1)CNCCN(CCNCCCNCc1c3ccccc3cc3ccccc13)CCNC2. The first kappa shape index (κ1) is 25.8. The van der Waals surface area contributed by atoms with Gasteiger partial charge in [-0.2, -0.15) is 0 Å². The van der Waals surface area contributed by atoms with Crippen molar-refractivity contribution in [2.24, 2.45) is 0 Å². The van der Waals surface area contributed by atoms with E-state index >= 15 is 0 Å². The van der Waals surface area contributed by atoms with Crippen molar-refractivity contribution < 1.29 is 0 Å². The molecule has 0 saturated heterocycles. The van der Waals surface area contributed by atoms with Crippen LogP contribution in [0, 0.1) is 0 Å². The number of rotatable bonds is 9. The molecule has 2 bridgehead atoms. The van der Waals surface area contributed by atoms with E-state index in [9.17, 15) is 0 Å². The summed E-state index contributed by atoms with van der Waals surface area (Å²) in [6.07, 6.45) is 1.13. The van der Waals surface area contributed by atoms with Gasteiger partial charge in [-0.3, -0.25) is 4.90 Å². The van der Waals surface area contributed by atoms with Gasteiger partial charge >= 0.3 is 0 Å². The molecule has 1 heterocycles. The molecule has 0 saturated carbocycles. The lowest BCUT2D eigenvalue weighted by Gasteiger charge is -2.24. The molecule has 1 aliphatic heterocycles. The Balaban J connectivity index is 1.02. The second kappa shape index (κ2) is 13.7. The van der Waals surface area contributed by atoms with E-state index in [1.165, 1.54) is 38.2 Å². The molecule has 0 radical (unpaired) electrons. The predicted molar refractivity (Wildman–Crippen MR) is 157 cm³/mol. The lowest BCUT2D eigenvalue weighted by Crippen LogP contribution is -2.41.